The number of aromatic nitrogens is 4. The van der Waals surface area contributed by atoms with Crippen LogP contribution in [-0.4, -0.2) is 43.6 Å². The van der Waals surface area contributed by atoms with Gasteiger partial charge in [-0.25, -0.2) is 9.89 Å². The lowest BCUT2D eigenvalue weighted by Gasteiger charge is -2.12. The second-order valence-electron chi connectivity index (χ2n) is 8.16. The van der Waals surface area contributed by atoms with Crippen LogP contribution in [0.2, 0.25) is 0 Å². The Morgan fingerprint density at radius 2 is 2.03 bits per heavy atom. The van der Waals surface area contributed by atoms with Crippen LogP contribution in [0.4, 0.5) is 0 Å². The number of aromatic amines is 1. The summed E-state index contributed by atoms with van der Waals surface area (Å²) in [7, 11) is 0. The number of hydrogen-bond donors (Lipinski definition) is 1. The van der Waals surface area contributed by atoms with Crippen molar-refractivity contribution in [1.82, 2.24) is 19.3 Å². The van der Waals surface area contributed by atoms with Crippen LogP contribution in [0, 0.1) is 27.7 Å². The van der Waals surface area contributed by atoms with E-state index in [4.69, 9.17) is 4.74 Å². The van der Waals surface area contributed by atoms with Gasteiger partial charge in [0, 0.05) is 29.2 Å². The number of nitrogens with one attached hydrogen (secondary N) is 1. The van der Waals surface area contributed by atoms with Crippen LogP contribution >= 0.6 is 11.8 Å². The maximum absolute atomic E-state index is 13.0. The fourth-order valence-electron chi connectivity index (χ4n) is 4.08. The number of hydrogen-bond acceptors (Lipinski definition) is 5. The Morgan fingerprint density at radius 3 is 2.74 bits per heavy atom. The van der Waals surface area contributed by atoms with Crippen LogP contribution in [-0.2, 0) is 11.3 Å². The zero-order valence-corrected chi connectivity index (χ0v) is 19.2. The molecule has 1 atom stereocenters. The van der Waals surface area contributed by atoms with Gasteiger partial charge in [0.2, 0.25) is 0 Å². The van der Waals surface area contributed by atoms with Crippen molar-refractivity contribution in [1.29, 1.82) is 0 Å². The quantitative estimate of drug-likeness (QED) is 0.447. The third kappa shape index (κ3) is 4.41. The third-order valence-electron chi connectivity index (χ3n) is 5.95. The van der Waals surface area contributed by atoms with Gasteiger partial charge in [0.05, 0.1) is 18.4 Å². The number of ether oxygens (including phenoxy) is 1. The highest BCUT2D eigenvalue weighted by atomic mass is 32.2. The van der Waals surface area contributed by atoms with E-state index in [0.29, 0.717) is 17.3 Å². The standard InChI is InChI=1S/C23H28N4O3S/c1-14-7-8-18(10-15(14)2)27-16(3)11-20(17(27)4)21(28)13-31-23-25-24-22(29)26(23)12-19-6-5-9-30-19/h7-8,10-11,19H,5-6,9,12-13H2,1-4H3,(H,24,29). The molecule has 0 spiro atoms. The number of carbonyl (C=O) groups excluding carboxylic acids is 1. The fraction of sp³-hybridized carbons (Fsp3) is 0.435. The number of benzene rings is 1. The summed E-state index contributed by atoms with van der Waals surface area (Å²) in [4.78, 5) is 25.2. The Kier molecular flexibility index (Phi) is 6.20. The number of aryl methyl sites for hydroxylation is 3. The maximum Gasteiger partial charge on any atom is 0.344 e. The SMILES string of the molecule is Cc1ccc(-n2c(C)cc(C(=O)CSc3n[nH]c(=O)n3CC3CCCO3)c2C)cc1C. The largest absolute Gasteiger partial charge is 0.376 e. The predicted octanol–water partition coefficient (Wildman–Crippen LogP) is 3.75. The average molecular weight is 441 g/mol. The molecule has 31 heavy (non-hydrogen) atoms. The molecule has 1 fully saturated rings. The first kappa shape index (κ1) is 21.6. The molecule has 0 bridgehead atoms. The van der Waals surface area contributed by atoms with Gasteiger partial charge < -0.3 is 9.30 Å². The highest BCUT2D eigenvalue weighted by Crippen LogP contribution is 2.25. The minimum absolute atomic E-state index is 0.0206. The van der Waals surface area contributed by atoms with E-state index >= 15 is 0 Å². The number of rotatable bonds is 7. The summed E-state index contributed by atoms with van der Waals surface area (Å²) < 4.78 is 9.33. The Morgan fingerprint density at radius 1 is 1.23 bits per heavy atom. The Bertz CT molecular complexity index is 1170. The fourth-order valence-corrected chi connectivity index (χ4v) is 4.92. The summed E-state index contributed by atoms with van der Waals surface area (Å²) in [6, 6.07) is 8.27. The predicted molar refractivity (Wildman–Crippen MR) is 122 cm³/mol. The number of H-pyrrole nitrogens is 1. The van der Waals surface area contributed by atoms with Crippen LogP contribution in [0.15, 0.2) is 34.2 Å². The van der Waals surface area contributed by atoms with Gasteiger partial charge in [-0.3, -0.25) is 9.36 Å². The number of Topliss-reactive ketones (excluding diaryl/α,β-unsaturated/α-hetero) is 1. The second-order valence-corrected chi connectivity index (χ2v) is 9.10. The molecule has 1 aromatic carbocycles. The molecule has 1 aliphatic rings. The molecule has 1 aliphatic heterocycles. The van der Waals surface area contributed by atoms with E-state index in [2.05, 4.69) is 46.8 Å². The van der Waals surface area contributed by atoms with Crippen molar-refractivity contribution in [2.75, 3.05) is 12.4 Å². The molecule has 0 saturated carbocycles. The molecule has 0 amide bonds. The number of nitrogens with zero attached hydrogens (tertiary/aromatic N) is 3. The van der Waals surface area contributed by atoms with Crippen LogP contribution in [0.3, 0.4) is 0 Å². The van der Waals surface area contributed by atoms with Crippen molar-refractivity contribution in [3.63, 3.8) is 0 Å². The minimum atomic E-state index is -0.265. The first-order valence-corrected chi connectivity index (χ1v) is 11.5. The topological polar surface area (TPSA) is 81.9 Å². The van der Waals surface area contributed by atoms with E-state index in [1.165, 1.54) is 22.9 Å². The molecule has 3 aromatic rings. The third-order valence-corrected chi connectivity index (χ3v) is 6.92. The van der Waals surface area contributed by atoms with E-state index < -0.39 is 0 Å². The monoisotopic (exact) mass is 440 g/mol. The van der Waals surface area contributed by atoms with Crippen LogP contribution < -0.4 is 5.69 Å². The molecular formula is C23H28N4O3S. The molecule has 164 valence electrons. The molecule has 0 radical (unpaired) electrons. The minimum Gasteiger partial charge on any atom is -0.376 e. The first-order chi connectivity index (χ1) is 14.8. The van der Waals surface area contributed by atoms with Gasteiger partial charge >= 0.3 is 5.69 Å². The normalized spacial score (nSPS) is 16.2. The van der Waals surface area contributed by atoms with E-state index in [1.54, 1.807) is 4.57 Å². The molecule has 8 heteroatoms. The highest BCUT2D eigenvalue weighted by molar-refractivity contribution is 7.99. The molecule has 1 N–H and O–H groups in total. The van der Waals surface area contributed by atoms with Crippen LogP contribution in [0.1, 0.15) is 45.7 Å². The smallest absolute Gasteiger partial charge is 0.344 e. The van der Waals surface area contributed by atoms with Gasteiger partial charge in [0.1, 0.15) is 0 Å². The van der Waals surface area contributed by atoms with Gasteiger partial charge in [-0.2, -0.15) is 0 Å². The summed E-state index contributed by atoms with van der Waals surface area (Å²) in [6.07, 6.45) is 1.97. The van der Waals surface area contributed by atoms with Gasteiger partial charge in [-0.05, 0) is 69.9 Å². The summed E-state index contributed by atoms with van der Waals surface area (Å²) >= 11 is 1.28. The van der Waals surface area contributed by atoms with Crippen molar-refractivity contribution < 1.29 is 9.53 Å². The summed E-state index contributed by atoms with van der Waals surface area (Å²) in [5.74, 6) is 0.236. The van der Waals surface area contributed by atoms with Gasteiger partial charge in [0.15, 0.2) is 10.9 Å². The van der Waals surface area contributed by atoms with Crippen molar-refractivity contribution in [2.45, 2.75) is 58.3 Å². The van der Waals surface area contributed by atoms with Crippen molar-refractivity contribution in [2.24, 2.45) is 0 Å². The second kappa shape index (κ2) is 8.88. The molecule has 7 nitrogen and oxygen atoms in total. The molecular weight excluding hydrogens is 412 g/mol. The number of ketones is 1. The highest BCUT2D eigenvalue weighted by Gasteiger charge is 2.22. The van der Waals surface area contributed by atoms with E-state index in [0.717, 1.165) is 36.5 Å². The zero-order chi connectivity index (χ0) is 22.1. The van der Waals surface area contributed by atoms with Crippen molar-refractivity contribution in [3.05, 3.63) is 62.8 Å². The Balaban J connectivity index is 1.51. The number of thioether (sulfide) groups is 1. The first-order valence-electron chi connectivity index (χ1n) is 10.5. The molecule has 4 rings (SSSR count). The van der Waals surface area contributed by atoms with Gasteiger partial charge in [-0.1, -0.05) is 17.8 Å². The maximum atomic E-state index is 13.0. The lowest BCUT2D eigenvalue weighted by molar-refractivity contribution is 0.0941. The van der Waals surface area contributed by atoms with Crippen molar-refractivity contribution in [3.8, 4) is 5.69 Å². The number of carbonyl (C=O) groups is 1. The molecule has 2 aromatic heterocycles. The summed E-state index contributed by atoms with van der Waals surface area (Å²) in [6.45, 7) is 9.37. The Hall–Kier alpha value is -2.58. The summed E-state index contributed by atoms with van der Waals surface area (Å²) in [5.41, 5.74) is 5.89. The van der Waals surface area contributed by atoms with E-state index in [-0.39, 0.29) is 23.3 Å². The zero-order valence-electron chi connectivity index (χ0n) is 18.4. The Labute approximate surface area is 185 Å². The van der Waals surface area contributed by atoms with Gasteiger partial charge in [-0.15, -0.1) is 5.10 Å². The lowest BCUT2D eigenvalue weighted by atomic mass is 10.1. The average Bonchev–Trinajstić information content (AvgIpc) is 3.44. The van der Waals surface area contributed by atoms with E-state index in [1.807, 2.05) is 19.9 Å². The molecule has 3 heterocycles. The molecule has 0 aliphatic carbocycles. The van der Waals surface area contributed by atoms with Crippen LogP contribution in [0.25, 0.3) is 5.69 Å². The molecule has 1 unspecified atom stereocenters. The lowest BCUT2D eigenvalue weighted by Crippen LogP contribution is -2.25. The molecule has 1 saturated heterocycles. The van der Waals surface area contributed by atoms with E-state index in [9.17, 15) is 9.59 Å². The van der Waals surface area contributed by atoms with Gasteiger partial charge in [0.25, 0.3) is 0 Å². The van der Waals surface area contributed by atoms with Crippen molar-refractivity contribution >= 4 is 17.5 Å². The summed E-state index contributed by atoms with van der Waals surface area (Å²) in [5, 5.41) is 7.13. The van der Waals surface area contributed by atoms with Crippen LogP contribution in [0.5, 0.6) is 0 Å².